The van der Waals surface area contributed by atoms with E-state index in [1.807, 2.05) is 0 Å². The molecule has 1 rings (SSSR count). The average Bonchev–Trinajstić information content (AvgIpc) is 2.03. The summed E-state index contributed by atoms with van der Waals surface area (Å²) in [6.45, 7) is 0. The predicted octanol–water partition coefficient (Wildman–Crippen LogP) is 0.926. The number of H-pyrrole nitrogens is 1. The zero-order valence-corrected chi connectivity index (χ0v) is 6.64. The molecule has 0 aliphatic heterocycles. The molecule has 0 unspecified atom stereocenters. The molecule has 1 N–H and O–H groups in total. The van der Waals surface area contributed by atoms with Crippen molar-refractivity contribution in [1.82, 2.24) is 9.97 Å². The first-order chi connectivity index (χ1) is 5.24. The molecule has 0 fully saturated rings. The maximum absolute atomic E-state index is 10.8. The summed E-state index contributed by atoms with van der Waals surface area (Å²) >= 11 is 4.76. The summed E-state index contributed by atoms with van der Waals surface area (Å²) in [5, 5.41) is 0. The van der Waals surface area contributed by atoms with Gasteiger partial charge in [0.2, 0.25) is 5.82 Å². The molecule has 1 heterocycles. The lowest BCUT2D eigenvalue weighted by Crippen LogP contribution is -2.06. The van der Waals surface area contributed by atoms with Gasteiger partial charge in [-0.2, -0.15) is 0 Å². The summed E-state index contributed by atoms with van der Waals surface area (Å²) in [6, 6.07) is 1.59. The smallest absolute Gasteiger partial charge is 0.374 e. The molecule has 0 aliphatic rings. The van der Waals surface area contributed by atoms with E-state index in [1.165, 1.54) is 13.3 Å². The SMILES string of the molecule is COC(=O)c1nccc(=S)[nH]1. The third kappa shape index (κ3) is 1.84. The average molecular weight is 170 g/mol. The Bertz CT molecular complexity index is 320. The Labute approximate surface area is 68.2 Å². The van der Waals surface area contributed by atoms with Crippen LogP contribution in [0.25, 0.3) is 0 Å². The molecule has 0 saturated carbocycles. The van der Waals surface area contributed by atoms with Crippen molar-refractivity contribution in [2.45, 2.75) is 0 Å². The number of ether oxygens (including phenoxy) is 1. The van der Waals surface area contributed by atoms with Crippen molar-refractivity contribution >= 4 is 18.2 Å². The van der Waals surface area contributed by atoms with Crippen molar-refractivity contribution in [2.75, 3.05) is 7.11 Å². The lowest BCUT2D eigenvalue weighted by atomic mass is 10.5. The Morgan fingerprint density at radius 1 is 1.82 bits per heavy atom. The number of methoxy groups -OCH3 is 1. The highest BCUT2D eigenvalue weighted by Gasteiger charge is 2.04. The first-order valence-electron chi connectivity index (χ1n) is 2.87. The molecule has 11 heavy (non-hydrogen) atoms. The number of aromatic nitrogens is 2. The van der Waals surface area contributed by atoms with Crippen LogP contribution in [0.3, 0.4) is 0 Å². The minimum absolute atomic E-state index is 0.125. The molecule has 0 aromatic carbocycles. The van der Waals surface area contributed by atoms with Gasteiger partial charge in [-0.15, -0.1) is 0 Å². The molecule has 5 heteroatoms. The lowest BCUT2D eigenvalue weighted by Gasteiger charge is -1.95. The van der Waals surface area contributed by atoms with Crippen molar-refractivity contribution < 1.29 is 9.53 Å². The van der Waals surface area contributed by atoms with Gasteiger partial charge in [-0.05, 0) is 6.07 Å². The maximum Gasteiger partial charge on any atom is 0.374 e. The van der Waals surface area contributed by atoms with Crippen LogP contribution >= 0.6 is 12.2 Å². The van der Waals surface area contributed by atoms with Gasteiger partial charge in [0, 0.05) is 6.20 Å². The third-order valence-electron chi connectivity index (χ3n) is 1.05. The Hall–Kier alpha value is -1.23. The van der Waals surface area contributed by atoms with Crippen molar-refractivity contribution in [2.24, 2.45) is 0 Å². The van der Waals surface area contributed by atoms with E-state index in [4.69, 9.17) is 12.2 Å². The second kappa shape index (κ2) is 3.25. The Balaban J connectivity index is 3.05. The standard InChI is InChI=1S/C6H6N2O2S/c1-10-6(9)5-7-3-2-4(11)8-5/h2-3H,1H3,(H,7,8,11). The molecular weight excluding hydrogens is 164 g/mol. The Morgan fingerprint density at radius 3 is 3.09 bits per heavy atom. The van der Waals surface area contributed by atoms with Crippen LogP contribution in [0.2, 0.25) is 0 Å². The Kier molecular flexibility index (Phi) is 2.32. The number of hydrogen-bond donors (Lipinski definition) is 1. The third-order valence-corrected chi connectivity index (χ3v) is 1.29. The van der Waals surface area contributed by atoms with Crippen molar-refractivity contribution in [3.8, 4) is 0 Å². The van der Waals surface area contributed by atoms with Crippen LogP contribution in [0.1, 0.15) is 10.6 Å². The zero-order chi connectivity index (χ0) is 8.27. The first-order valence-corrected chi connectivity index (χ1v) is 3.28. The summed E-state index contributed by atoms with van der Waals surface area (Å²) < 4.78 is 4.87. The lowest BCUT2D eigenvalue weighted by molar-refractivity contribution is 0.0586. The highest BCUT2D eigenvalue weighted by molar-refractivity contribution is 7.71. The van der Waals surface area contributed by atoms with E-state index in [2.05, 4.69) is 14.7 Å². The summed E-state index contributed by atoms with van der Waals surface area (Å²) in [6.07, 6.45) is 1.45. The molecule has 4 nitrogen and oxygen atoms in total. The van der Waals surface area contributed by atoms with Gasteiger partial charge in [0.05, 0.1) is 7.11 Å². The molecule has 0 radical (unpaired) electrons. The molecule has 0 aliphatic carbocycles. The highest BCUT2D eigenvalue weighted by Crippen LogP contribution is 1.91. The van der Waals surface area contributed by atoms with Gasteiger partial charge in [-0.1, -0.05) is 12.2 Å². The van der Waals surface area contributed by atoms with Crippen LogP contribution in [0, 0.1) is 4.64 Å². The van der Waals surface area contributed by atoms with Gasteiger partial charge in [0.1, 0.15) is 4.64 Å². The first kappa shape index (κ1) is 7.87. The quantitative estimate of drug-likeness (QED) is 0.503. The van der Waals surface area contributed by atoms with E-state index in [9.17, 15) is 4.79 Å². The van der Waals surface area contributed by atoms with Gasteiger partial charge in [-0.25, -0.2) is 9.78 Å². The van der Waals surface area contributed by atoms with Crippen LogP contribution in [-0.4, -0.2) is 23.0 Å². The van der Waals surface area contributed by atoms with Gasteiger partial charge in [-0.3, -0.25) is 0 Å². The second-order valence-corrected chi connectivity index (χ2v) is 2.21. The van der Waals surface area contributed by atoms with Crippen molar-refractivity contribution in [3.05, 3.63) is 22.7 Å². The molecule has 1 aromatic heterocycles. The van der Waals surface area contributed by atoms with E-state index >= 15 is 0 Å². The summed E-state index contributed by atoms with van der Waals surface area (Å²) in [5.74, 6) is -0.392. The summed E-state index contributed by atoms with van der Waals surface area (Å²) in [5.41, 5.74) is 0. The number of nitrogens with zero attached hydrogens (tertiary/aromatic N) is 1. The molecule has 0 spiro atoms. The van der Waals surface area contributed by atoms with Crippen LogP contribution in [0.5, 0.6) is 0 Å². The van der Waals surface area contributed by atoms with E-state index in [0.29, 0.717) is 4.64 Å². The number of carbonyl (C=O) groups excluding carboxylic acids is 1. The highest BCUT2D eigenvalue weighted by atomic mass is 32.1. The van der Waals surface area contributed by atoms with E-state index in [0.717, 1.165) is 0 Å². The van der Waals surface area contributed by atoms with E-state index < -0.39 is 5.97 Å². The molecule has 0 bridgehead atoms. The molecular formula is C6H6N2O2S. The van der Waals surface area contributed by atoms with Gasteiger partial charge < -0.3 is 9.72 Å². The van der Waals surface area contributed by atoms with Crippen LogP contribution in [0.4, 0.5) is 0 Å². The zero-order valence-electron chi connectivity index (χ0n) is 5.83. The van der Waals surface area contributed by atoms with Gasteiger partial charge in [0.15, 0.2) is 0 Å². The molecule has 0 atom stereocenters. The van der Waals surface area contributed by atoms with Gasteiger partial charge >= 0.3 is 5.97 Å². The fourth-order valence-electron chi connectivity index (χ4n) is 0.571. The van der Waals surface area contributed by atoms with Crippen molar-refractivity contribution in [3.63, 3.8) is 0 Å². The molecule has 58 valence electrons. The fraction of sp³-hybridized carbons (Fsp3) is 0.167. The number of rotatable bonds is 1. The van der Waals surface area contributed by atoms with E-state index in [-0.39, 0.29) is 5.82 Å². The predicted molar refractivity (Wildman–Crippen MR) is 40.8 cm³/mol. The van der Waals surface area contributed by atoms with Crippen LogP contribution in [0.15, 0.2) is 12.3 Å². The minimum Gasteiger partial charge on any atom is -0.463 e. The monoisotopic (exact) mass is 170 g/mol. The second-order valence-electron chi connectivity index (χ2n) is 1.77. The topological polar surface area (TPSA) is 55.0 Å². The number of nitrogens with one attached hydrogen (secondary N) is 1. The number of carbonyl (C=O) groups is 1. The molecule has 0 saturated heterocycles. The number of aromatic amines is 1. The minimum atomic E-state index is -0.517. The van der Waals surface area contributed by atoms with Crippen LogP contribution in [-0.2, 0) is 4.74 Å². The molecule has 1 aromatic rings. The maximum atomic E-state index is 10.8. The fourth-order valence-corrected chi connectivity index (χ4v) is 0.728. The van der Waals surface area contributed by atoms with Crippen molar-refractivity contribution in [1.29, 1.82) is 0 Å². The normalized spacial score (nSPS) is 9.18. The van der Waals surface area contributed by atoms with E-state index in [1.54, 1.807) is 6.07 Å². The largest absolute Gasteiger partial charge is 0.463 e. The molecule has 0 amide bonds. The number of hydrogen-bond acceptors (Lipinski definition) is 4. The van der Waals surface area contributed by atoms with Gasteiger partial charge in [0.25, 0.3) is 0 Å². The van der Waals surface area contributed by atoms with Crippen LogP contribution < -0.4 is 0 Å². The summed E-state index contributed by atoms with van der Waals surface area (Å²) in [4.78, 5) is 17.1. The summed E-state index contributed by atoms with van der Waals surface area (Å²) in [7, 11) is 1.29. The number of esters is 1. The Morgan fingerprint density at radius 2 is 2.55 bits per heavy atom.